The Morgan fingerprint density at radius 3 is 2.66 bits per heavy atom. The van der Waals surface area contributed by atoms with E-state index in [2.05, 4.69) is 32.3 Å². The molecule has 0 amide bonds. The van der Waals surface area contributed by atoms with Crippen molar-refractivity contribution in [3.8, 4) is 34.1 Å². The van der Waals surface area contributed by atoms with Crippen LogP contribution in [0.4, 0.5) is 10.2 Å². The molecule has 0 spiro atoms. The molecule has 1 saturated carbocycles. The van der Waals surface area contributed by atoms with Gasteiger partial charge in [-0.1, -0.05) is 19.4 Å². The molecule has 168 valence electrons. The lowest BCUT2D eigenvalue weighted by molar-refractivity contribution is 0.170. The molecule has 1 fully saturated rings. The molecule has 2 heterocycles. The fraction of sp³-hybridized carbons (Fsp3) is 0.435. The third-order valence-corrected chi connectivity index (χ3v) is 6.24. The van der Waals surface area contributed by atoms with Crippen molar-refractivity contribution in [3.05, 3.63) is 36.7 Å². The molecule has 1 aromatic carbocycles. The van der Waals surface area contributed by atoms with Crippen LogP contribution in [-0.4, -0.2) is 56.9 Å². The van der Waals surface area contributed by atoms with Gasteiger partial charge < -0.3 is 14.7 Å². The topological polar surface area (TPSA) is 97.2 Å². The molecule has 0 aliphatic heterocycles. The highest BCUT2D eigenvalue weighted by Crippen LogP contribution is 2.34. The highest BCUT2D eigenvalue weighted by Gasteiger charge is 2.33. The predicted molar refractivity (Wildman–Crippen MR) is 119 cm³/mol. The molecule has 0 bridgehead atoms. The number of phenols is 1. The number of aromatic nitrogens is 5. The number of phenolic OH excluding ortho intramolecular Hbond substituents is 1. The van der Waals surface area contributed by atoms with E-state index in [0.29, 0.717) is 35.4 Å². The number of rotatable bonds is 6. The SMILES string of the molecule is CC[C@@H]1CC[C@H](F)[C@H](N(C)c2cnc(-c3ccc(-c4cnnc(OC)c4)cc3O)nn2)C1. The molecule has 2 aromatic heterocycles. The second-order valence-corrected chi connectivity index (χ2v) is 8.14. The molecule has 1 aliphatic carbocycles. The zero-order chi connectivity index (χ0) is 22.7. The van der Waals surface area contributed by atoms with Gasteiger partial charge in [0.2, 0.25) is 5.88 Å². The standard InChI is InChI=1S/C23H27FN6O2/c1-4-14-5-8-18(24)19(9-14)30(2)21-13-25-23(29-27-21)17-7-6-15(10-20(17)31)16-11-22(32-3)28-26-12-16/h6-7,10-14,18-19,31H,4-5,8-9H2,1-3H3/t14-,18+,19-/m1/s1. The van der Waals surface area contributed by atoms with Crippen LogP contribution in [0, 0.1) is 5.92 Å². The van der Waals surface area contributed by atoms with Gasteiger partial charge in [-0.15, -0.1) is 15.3 Å². The van der Waals surface area contributed by atoms with Gasteiger partial charge in [-0.25, -0.2) is 9.37 Å². The van der Waals surface area contributed by atoms with Gasteiger partial charge in [0.25, 0.3) is 0 Å². The van der Waals surface area contributed by atoms with Crippen molar-refractivity contribution in [2.75, 3.05) is 19.1 Å². The summed E-state index contributed by atoms with van der Waals surface area (Å²) in [6, 6.07) is 6.67. The zero-order valence-electron chi connectivity index (χ0n) is 18.4. The van der Waals surface area contributed by atoms with E-state index < -0.39 is 6.17 Å². The quantitative estimate of drug-likeness (QED) is 0.615. The van der Waals surface area contributed by atoms with Gasteiger partial charge in [-0.2, -0.15) is 5.10 Å². The summed E-state index contributed by atoms with van der Waals surface area (Å²) >= 11 is 0. The minimum absolute atomic E-state index is 0.0167. The number of aromatic hydroxyl groups is 1. The Bertz CT molecular complexity index is 1060. The Kier molecular flexibility index (Phi) is 6.43. The third-order valence-electron chi connectivity index (χ3n) is 6.24. The van der Waals surface area contributed by atoms with Gasteiger partial charge in [-0.3, -0.25) is 0 Å². The molecular formula is C23H27FN6O2. The summed E-state index contributed by atoms with van der Waals surface area (Å²) in [5.74, 6) is 1.74. The molecule has 3 aromatic rings. The highest BCUT2D eigenvalue weighted by molar-refractivity contribution is 5.72. The molecule has 0 radical (unpaired) electrons. The van der Waals surface area contributed by atoms with E-state index in [-0.39, 0.29) is 11.8 Å². The average molecular weight is 439 g/mol. The maximum Gasteiger partial charge on any atom is 0.233 e. The Morgan fingerprint density at radius 1 is 1.12 bits per heavy atom. The smallest absolute Gasteiger partial charge is 0.233 e. The van der Waals surface area contributed by atoms with E-state index in [1.54, 1.807) is 30.6 Å². The van der Waals surface area contributed by atoms with Crippen molar-refractivity contribution in [1.29, 1.82) is 0 Å². The highest BCUT2D eigenvalue weighted by atomic mass is 19.1. The normalized spacial score (nSPS) is 20.7. The van der Waals surface area contributed by atoms with Gasteiger partial charge in [0.05, 0.1) is 31.1 Å². The van der Waals surface area contributed by atoms with Crippen LogP contribution in [-0.2, 0) is 0 Å². The molecule has 32 heavy (non-hydrogen) atoms. The van der Waals surface area contributed by atoms with E-state index >= 15 is 0 Å². The number of halogens is 1. The number of alkyl halides is 1. The van der Waals surface area contributed by atoms with E-state index in [9.17, 15) is 9.50 Å². The molecule has 1 aliphatic rings. The van der Waals surface area contributed by atoms with Crippen molar-refractivity contribution < 1.29 is 14.2 Å². The van der Waals surface area contributed by atoms with Crippen molar-refractivity contribution >= 4 is 5.82 Å². The number of methoxy groups -OCH3 is 1. The lowest BCUT2D eigenvalue weighted by Gasteiger charge is -2.37. The number of hydrogen-bond donors (Lipinski definition) is 1. The lowest BCUT2D eigenvalue weighted by Crippen LogP contribution is -2.44. The third kappa shape index (κ3) is 4.46. The van der Waals surface area contributed by atoms with Crippen molar-refractivity contribution in [3.63, 3.8) is 0 Å². The minimum atomic E-state index is -0.887. The number of anilines is 1. The fourth-order valence-corrected chi connectivity index (χ4v) is 4.19. The largest absolute Gasteiger partial charge is 0.507 e. The van der Waals surface area contributed by atoms with Crippen LogP contribution in [0.3, 0.4) is 0 Å². The number of hydrogen-bond acceptors (Lipinski definition) is 8. The molecule has 3 atom stereocenters. The molecule has 0 unspecified atom stereocenters. The number of nitrogens with zero attached hydrogens (tertiary/aromatic N) is 6. The monoisotopic (exact) mass is 438 g/mol. The summed E-state index contributed by atoms with van der Waals surface area (Å²) in [5.41, 5.74) is 1.96. The summed E-state index contributed by atoms with van der Waals surface area (Å²) < 4.78 is 19.7. The summed E-state index contributed by atoms with van der Waals surface area (Å²) in [6.45, 7) is 2.15. The summed E-state index contributed by atoms with van der Waals surface area (Å²) in [7, 11) is 3.36. The predicted octanol–water partition coefficient (Wildman–Crippen LogP) is 4.06. The summed E-state index contributed by atoms with van der Waals surface area (Å²) in [5, 5.41) is 26.8. The summed E-state index contributed by atoms with van der Waals surface area (Å²) in [4.78, 5) is 6.22. The number of benzene rings is 1. The van der Waals surface area contributed by atoms with Gasteiger partial charge in [0.15, 0.2) is 11.6 Å². The Balaban J connectivity index is 1.53. The van der Waals surface area contributed by atoms with E-state index in [4.69, 9.17) is 4.74 Å². The van der Waals surface area contributed by atoms with Gasteiger partial charge in [0, 0.05) is 18.7 Å². The first-order valence-corrected chi connectivity index (χ1v) is 10.8. The van der Waals surface area contributed by atoms with Crippen LogP contribution in [0.25, 0.3) is 22.5 Å². The second kappa shape index (κ2) is 9.42. The van der Waals surface area contributed by atoms with Crippen molar-refractivity contribution in [2.24, 2.45) is 5.92 Å². The van der Waals surface area contributed by atoms with Crippen molar-refractivity contribution in [2.45, 2.75) is 44.8 Å². The van der Waals surface area contributed by atoms with Crippen LogP contribution in [0.1, 0.15) is 32.6 Å². The molecule has 8 nitrogen and oxygen atoms in total. The molecule has 1 N–H and O–H groups in total. The Morgan fingerprint density at radius 2 is 1.97 bits per heavy atom. The fourth-order valence-electron chi connectivity index (χ4n) is 4.19. The Hall–Kier alpha value is -3.36. The van der Waals surface area contributed by atoms with Crippen LogP contribution >= 0.6 is 0 Å². The van der Waals surface area contributed by atoms with Crippen LogP contribution in [0.15, 0.2) is 36.7 Å². The second-order valence-electron chi connectivity index (χ2n) is 8.14. The van der Waals surface area contributed by atoms with Gasteiger partial charge in [0.1, 0.15) is 11.9 Å². The van der Waals surface area contributed by atoms with E-state index in [1.165, 1.54) is 7.11 Å². The van der Waals surface area contributed by atoms with Crippen LogP contribution in [0.5, 0.6) is 11.6 Å². The van der Waals surface area contributed by atoms with Crippen molar-refractivity contribution in [1.82, 2.24) is 25.4 Å². The summed E-state index contributed by atoms with van der Waals surface area (Å²) in [6.07, 6.45) is 5.64. The first-order chi connectivity index (χ1) is 15.5. The van der Waals surface area contributed by atoms with Crippen LogP contribution < -0.4 is 9.64 Å². The first-order valence-electron chi connectivity index (χ1n) is 10.8. The Labute approximate surface area is 186 Å². The molecule has 9 heteroatoms. The zero-order valence-corrected chi connectivity index (χ0v) is 18.4. The van der Waals surface area contributed by atoms with Gasteiger partial charge in [-0.05, 0) is 42.9 Å². The molecule has 0 saturated heterocycles. The molecular weight excluding hydrogens is 411 g/mol. The minimum Gasteiger partial charge on any atom is -0.507 e. The number of ether oxygens (including phenoxy) is 1. The van der Waals surface area contributed by atoms with E-state index in [1.807, 2.05) is 18.0 Å². The first kappa shape index (κ1) is 21.9. The maximum atomic E-state index is 14.6. The van der Waals surface area contributed by atoms with Gasteiger partial charge >= 0.3 is 0 Å². The maximum absolute atomic E-state index is 14.6. The van der Waals surface area contributed by atoms with Crippen LogP contribution in [0.2, 0.25) is 0 Å². The average Bonchev–Trinajstić information content (AvgIpc) is 2.84. The molecule has 4 rings (SSSR count). The van der Waals surface area contributed by atoms with E-state index in [0.717, 1.165) is 30.4 Å². The lowest BCUT2D eigenvalue weighted by atomic mass is 9.82.